The molecule has 5 nitrogen and oxygen atoms in total. The van der Waals surface area contributed by atoms with Gasteiger partial charge in [-0.15, -0.1) is 0 Å². The van der Waals surface area contributed by atoms with E-state index in [-0.39, 0.29) is 17.2 Å². The van der Waals surface area contributed by atoms with Gasteiger partial charge in [-0.25, -0.2) is 9.49 Å². The number of carbonyl (C=O) groups excluding carboxylic acids is 1. The Balaban J connectivity index is 1.86. The average Bonchev–Trinajstić information content (AvgIpc) is 2.90. The van der Waals surface area contributed by atoms with Crippen molar-refractivity contribution < 1.29 is 9.18 Å². The van der Waals surface area contributed by atoms with E-state index in [0.29, 0.717) is 23.4 Å². The zero-order chi connectivity index (χ0) is 16.4. The number of hydrogen-bond acceptors (Lipinski definition) is 3. The van der Waals surface area contributed by atoms with E-state index >= 15 is 0 Å². The Morgan fingerprint density at radius 1 is 1.13 bits per heavy atom. The largest absolute Gasteiger partial charge is 0.345 e. The molecule has 0 saturated carbocycles. The molecule has 0 aliphatic rings. The molecule has 23 heavy (non-hydrogen) atoms. The van der Waals surface area contributed by atoms with E-state index in [1.807, 2.05) is 6.07 Å². The third-order valence-electron chi connectivity index (χ3n) is 3.66. The fourth-order valence-corrected chi connectivity index (χ4v) is 2.37. The Morgan fingerprint density at radius 2 is 1.87 bits per heavy atom. The number of aromatic nitrogens is 3. The van der Waals surface area contributed by atoms with E-state index in [0.717, 1.165) is 5.69 Å². The summed E-state index contributed by atoms with van der Waals surface area (Å²) in [5.41, 5.74) is 2.27. The van der Waals surface area contributed by atoms with Crippen LogP contribution in [0.4, 0.5) is 4.39 Å². The van der Waals surface area contributed by atoms with Gasteiger partial charge in [0.25, 0.3) is 5.56 Å². The molecule has 2 heterocycles. The van der Waals surface area contributed by atoms with Gasteiger partial charge in [0.15, 0.2) is 0 Å². The standard InChI is InChI=1S/C17H14FN3O2/c1-21-14(10-13-6-9-16(22)20-19-13)7-8-15(21)17(23)11-2-4-12(18)5-3-11/h2-9H,10H2,1H3,(H,20,22). The number of benzene rings is 1. The molecule has 0 saturated heterocycles. The van der Waals surface area contributed by atoms with E-state index in [4.69, 9.17) is 0 Å². The summed E-state index contributed by atoms with van der Waals surface area (Å²) < 4.78 is 14.7. The van der Waals surface area contributed by atoms with Crippen LogP contribution >= 0.6 is 0 Å². The third-order valence-corrected chi connectivity index (χ3v) is 3.66. The molecule has 0 aliphatic carbocycles. The van der Waals surface area contributed by atoms with Crippen molar-refractivity contribution in [2.75, 3.05) is 0 Å². The first-order valence-corrected chi connectivity index (χ1v) is 7.04. The van der Waals surface area contributed by atoms with Crippen LogP contribution in [0.15, 0.2) is 53.3 Å². The predicted molar refractivity (Wildman–Crippen MR) is 82.9 cm³/mol. The van der Waals surface area contributed by atoms with Gasteiger partial charge >= 0.3 is 0 Å². The van der Waals surface area contributed by atoms with Crippen LogP contribution in [0, 0.1) is 5.82 Å². The number of aromatic amines is 1. The van der Waals surface area contributed by atoms with Crippen molar-refractivity contribution in [3.05, 3.63) is 87.3 Å². The van der Waals surface area contributed by atoms with Crippen LogP contribution in [0.3, 0.4) is 0 Å². The van der Waals surface area contributed by atoms with Crippen molar-refractivity contribution in [2.45, 2.75) is 6.42 Å². The van der Waals surface area contributed by atoms with Crippen LogP contribution in [0.25, 0.3) is 0 Å². The van der Waals surface area contributed by atoms with Gasteiger partial charge in [0.2, 0.25) is 5.78 Å². The van der Waals surface area contributed by atoms with Crippen molar-refractivity contribution in [1.29, 1.82) is 0 Å². The lowest BCUT2D eigenvalue weighted by Gasteiger charge is -2.07. The summed E-state index contributed by atoms with van der Waals surface area (Å²) in [6.07, 6.45) is 0.490. The zero-order valence-corrected chi connectivity index (χ0v) is 12.4. The van der Waals surface area contributed by atoms with Crippen molar-refractivity contribution >= 4 is 5.78 Å². The normalized spacial score (nSPS) is 10.7. The monoisotopic (exact) mass is 311 g/mol. The van der Waals surface area contributed by atoms with Gasteiger partial charge in [0.1, 0.15) is 5.82 Å². The lowest BCUT2D eigenvalue weighted by atomic mass is 10.1. The maximum atomic E-state index is 13.0. The molecular formula is C17H14FN3O2. The fraction of sp³-hybridized carbons (Fsp3) is 0.118. The molecule has 0 unspecified atom stereocenters. The molecule has 0 amide bonds. The van der Waals surface area contributed by atoms with E-state index < -0.39 is 0 Å². The quantitative estimate of drug-likeness (QED) is 0.750. The SMILES string of the molecule is Cn1c(Cc2ccc(=O)[nH]n2)ccc1C(=O)c1ccc(F)cc1. The number of nitrogens with zero attached hydrogens (tertiary/aromatic N) is 2. The van der Waals surface area contributed by atoms with E-state index in [2.05, 4.69) is 10.2 Å². The van der Waals surface area contributed by atoms with Crippen molar-refractivity contribution in [3.63, 3.8) is 0 Å². The van der Waals surface area contributed by atoms with Gasteiger partial charge in [0.05, 0.1) is 11.4 Å². The second-order valence-electron chi connectivity index (χ2n) is 5.19. The zero-order valence-electron chi connectivity index (χ0n) is 12.4. The van der Waals surface area contributed by atoms with Gasteiger partial charge in [-0.05, 0) is 42.5 Å². The number of nitrogens with one attached hydrogen (secondary N) is 1. The van der Waals surface area contributed by atoms with Crippen LogP contribution in [-0.4, -0.2) is 20.5 Å². The second kappa shape index (κ2) is 6.00. The first-order chi connectivity index (χ1) is 11.0. The Hall–Kier alpha value is -3.02. The van der Waals surface area contributed by atoms with Crippen LogP contribution in [0.1, 0.15) is 27.4 Å². The molecule has 0 fully saturated rings. The minimum absolute atomic E-state index is 0.173. The Labute approximate surface area is 131 Å². The maximum Gasteiger partial charge on any atom is 0.264 e. The smallest absolute Gasteiger partial charge is 0.264 e. The number of carbonyl (C=O) groups is 1. The van der Waals surface area contributed by atoms with Gasteiger partial charge in [-0.1, -0.05) is 0 Å². The lowest BCUT2D eigenvalue weighted by molar-refractivity contribution is 0.103. The minimum Gasteiger partial charge on any atom is -0.345 e. The third kappa shape index (κ3) is 3.11. The molecule has 2 aromatic heterocycles. The molecule has 0 bridgehead atoms. The van der Waals surface area contributed by atoms with Crippen LogP contribution < -0.4 is 5.56 Å². The molecule has 6 heteroatoms. The van der Waals surface area contributed by atoms with Crippen molar-refractivity contribution in [1.82, 2.24) is 14.8 Å². The van der Waals surface area contributed by atoms with E-state index in [1.54, 1.807) is 23.7 Å². The molecule has 3 rings (SSSR count). The van der Waals surface area contributed by atoms with Crippen LogP contribution in [0.5, 0.6) is 0 Å². The first kappa shape index (κ1) is 14.9. The molecule has 1 N–H and O–H groups in total. The summed E-state index contributed by atoms with van der Waals surface area (Å²) in [4.78, 5) is 23.5. The average molecular weight is 311 g/mol. The summed E-state index contributed by atoms with van der Waals surface area (Å²) in [5, 5.41) is 6.34. The highest BCUT2D eigenvalue weighted by Crippen LogP contribution is 2.15. The van der Waals surface area contributed by atoms with Gasteiger partial charge < -0.3 is 4.57 Å². The van der Waals surface area contributed by atoms with Gasteiger partial charge in [-0.2, -0.15) is 5.10 Å². The number of H-pyrrole nitrogens is 1. The van der Waals surface area contributed by atoms with Gasteiger partial charge in [-0.3, -0.25) is 9.59 Å². The summed E-state index contributed by atoms with van der Waals surface area (Å²) in [6, 6.07) is 12.1. The molecule has 116 valence electrons. The predicted octanol–water partition coefficient (Wildman–Crippen LogP) is 2.07. The van der Waals surface area contributed by atoms with Crippen molar-refractivity contribution in [2.24, 2.45) is 7.05 Å². The van der Waals surface area contributed by atoms with Crippen LogP contribution in [-0.2, 0) is 13.5 Å². The van der Waals surface area contributed by atoms with E-state index in [1.165, 1.54) is 30.3 Å². The Bertz CT molecular complexity index is 890. The molecule has 0 radical (unpaired) electrons. The highest BCUT2D eigenvalue weighted by Gasteiger charge is 2.15. The van der Waals surface area contributed by atoms with Crippen LogP contribution in [0.2, 0.25) is 0 Å². The molecule has 0 spiro atoms. The topological polar surface area (TPSA) is 67.8 Å². The summed E-state index contributed by atoms with van der Waals surface area (Å²) in [5.74, 6) is -0.550. The molecule has 1 aromatic carbocycles. The van der Waals surface area contributed by atoms with Gasteiger partial charge in [0, 0.05) is 30.8 Å². The highest BCUT2D eigenvalue weighted by molar-refractivity contribution is 6.08. The first-order valence-electron chi connectivity index (χ1n) is 7.04. The minimum atomic E-state index is -0.377. The molecule has 0 aliphatic heterocycles. The summed E-state index contributed by atoms with van der Waals surface area (Å²) in [7, 11) is 1.79. The molecule has 0 atom stereocenters. The Morgan fingerprint density at radius 3 is 2.52 bits per heavy atom. The Kier molecular flexibility index (Phi) is 3.89. The number of ketones is 1. The highest BCUT2D eigenvalue weighted by atomic mass is 19.1. The number of halogens is 1. The lowest BCUT2D eigenvalue weighted by Crippen LogP contribution is -2.11. The number of hydrogen-bond donors (Lipinski definition) is 1. The maximum absolute atomic E-state index is 13.0. The fourth-order valence-electron chi connectivity index (χ4n) is 2.37. The summed E-state index contributed by atoms with van der Waals surface area (Å²) >= 11 is 0. The van der Waals surface area contributed by atoms with Crippen molar-refractivity contribution in [3.8, 4) is 0 Å². The number of rotatable bonds is 4. The molecule has 3 aromatic rings. The summed E-state index contributed by atoms with van der Waals surface area (Å²) in [6.45, 7) is 0. The van der Waals surface area contributed by atoms with E-state index in [9.17, 15) is 14.0 Å². The molecular weight excluding hydrogens is 297 g/mol. The second-order valence-corrected chi connectivity index (χ2v) is 5.19.